The van der Waals surface area contributed by atoms with Crippen molar-refractivity contribution in [3.8, 4) is 6.07 Å². The summed E-state index contributed by atoms with van der Waals surface area (Å²) >= 11 is 5.03. The Kier molecular flexibility index (Phi) is 3.51. The predicted molar refractivity (Wildman–Crippen MR) is 30.5 cm³/mol. The van der Waals surface area contributed by atoms with Crippen LogP contribution in [-0.4, -0.2) is 12.1 Å². The number of halogens is 4. The Morgan fingerprint density at radius 1 is 1.50 bits per heavy atom. The van der Waals surface area contributed by atoms with Crippen molar-refractivity contribution in [3.05, 3.63) is 0 Å². The smallest absolute Gasteiger partial charge is 0.198 e. The number of hydrogen-bond donors (Lipinski definition) is 0. The van der Waals surface area contributed by atoms with Crippen molar-refractivity contribution in [3.63, 3.8) is 0 Å². The van der Waals surface area contributed by atoms with Gasteiger partial charge in [-0.1, -0.05) is 0 Å². The molecule has 5 heteroatoms. The normalized spacial score (nSPS) is 14.3. The van der Waals surface area contributed by atoms with Gasteiger partial charge in [0.2, 0.25) is 0 Å². The number of hydrogen-bond acceptors (Lipinski definition) is 1. The van der Waals surface area contributed by atoms with Crippen LogP contribution in [-0.2, 0) is 0 Å². The van der Waals surface area contributed by atoms with Gasteiger partial charge in [0, 0.05) is 5.88 Å². The van der Waals surface area contributed by atoms with Gasteiger partial charge in [0.05, 0.1) is 6.07 Å². The lowest BCUT2D eigenvalue weighted by Crippen LogP contribution is -2.21. The first kappa shape index (κ1) is 9.57. The number of nitrogens with zero attached hydrogens (tertiary/aromatic N) is 1. The molecule has 0 amide bonds. The van der Waals surface area contributed by atoms with Crippen LogP contribution < -0.4 is 0 Å². The minimum Gasteiger partial charge on any atom is -0.198 e. The van der Waals surface area contributed by atoms with Crippen molar-refractivity contribution in [2.45, 2.75) is 12.6 Å². The topological polar surface area (TPSA) is 23.8 Å². The van der Waals surface area contributed by atoms with E-state index in [9.17, 15) is 13.2 Å². The first-order valence-electron chi connectivity index (χ1n) is 2.54. The average molecular weight is 172 g/mol. The van der Waals surface area contributed by atoms with Crippen molar-refractivity contribution in [1.82, 2.24) is 0 Å². The van der Waals surface area contributed by atoms with Crippen LogP contribution in [0.25, 0.3) is 0 Å². The Labute approximate surface area is 61.4 Å². The van der Waals surface area contributed by atoms with Gasteiger partial charge in [-0.3, -0.25) is 0 Å². The van der Waals surface area contributed by atoms with Gasteiger partial charge in [-0.05, 0) is 6.42 Å². The summed E-state index contributed by atoms with van der Waals surface area (Å²) in [4.78, 5) is 0. The minimum absolute atomic E-state index is 0.141. The molecule has 0 aromatic rings. The molecular weight excluding hydrogens is 167 g/mol. The summed E-state index contributed by atoms with van der Waals surface area (Å²) in [5, 5.41) is 7.96. The summed E-state index contributed by atoms with van der Waals surface area (Å²) in [5.74, 6) is -2.05. The molecule has 1 atom stereocenters. The van der Waals surface area contributed by atoms with Crippen LogP contribution in [0.2, 0.25) is 0 Å². The predicted octanol–water partition coefficient (Wildman–Crippen LogP) is 2.32. The maximum Gasteiger partial charge on any atom is 0.404 e. The van der Waals surface area contributed by atoms with Gasteiger partial charge in [0.15, 0.2) is 0 Å². The molecule has 1 unspecified atom stereocenters. The molecule has 0 aromatic heterocycles. The van der Waals surface area contributed by atoms with Crippen molar-refractivity contribution in [2.75, 3.05) is 5.88 Å². The fourth-order valence-electron chi connectivity index (χ4n) is 0.411. The molecule has 0 aliphatic rings. The summed E-state index contributed by atoms with van der Waals surface area (Å²) < 4.78 is 34.9. The van der Waals surface area contributed by atoms with Gasteiger partial charge < -0.3 is 0 Å². The molecule has 0 rings (SSSR count). The molecule has 1 nitrogen and oxygen atoms in total. The fraction of sp³-hybridized carbons (Fsp3) is 0.800. The van der Waals surface area contributed by atoms with Gasteiger partial charge in [-0.25, -0.2) is 0 Å². The zero-order chi connectivity index (χ0) is 8.20. The van der Waals surface area contributed by atoms with Gasteiger partial charge in [0.1, 0.15) is 5.92 Å². The van der Waals surface area contributed by atoms with E-state index in [1.165, 1.54) is 0 Å². The maximum absolute atomic E-state index is 11.6. The van der Waals surface area contributed by atoms with Crippen LogP contribution in [0, 0.1) is 17.2 Å². The third kappa shape index (κ3) is 2.92. The maximum atomic E-state index is 11.6. The molecule has 0 heterocycles. The Bertz CT molecular complexity index is 137. The highest BCUT2D eigenvalue weighted by Crippen LogP contribution is 2.28. The molecule has 58 valence electrons. The molecule has 0 aliphatic heterocycles. The lowest BCUT2D eigenvalue weighted by molar-refractivity contribution is -0.159. The second-order valence-corrected chi connectivity index (χ2v) is 2.08. The zero-order valence-electron chi connectivity index (χ0n) is 4.95. The quantitative estimate of drug-likeness (QED) is 0.585. The van der Waals surface area contributed by atoms with Crippen molar-refractivity contribution >= 4 is 11.6 Å². The summed E-state index contributed by atoms with van der Waals surface area (Å²) in [6, 6.07) is 1.13. The van der Waals surface area contributed by atoms with Crippen LogP contribution in [0.1, 0.15) is 6.42 Å². The van der Waals surface area contributed by atoms with Crippen LogP contribution >= 0.6 is 11.6 Å². The summed E-state index contributed by atoms with van der Waals surface area (Å²) in [5.41, 5.74) is 0. The van der Waals surface area contributed by atoms with E-state index >= 15 is 0 Å². The van der Waals surface area contributed by atoms with E-state index in [4.69, 9.17) is 16.9 Å². The fourth-order valence-corrected chi connectivity index (χ4v) is 0.629. The van der Waals surface area contributed by atoms with E-state index in [-0.39, 0.29) is 12.3 Å². The van der Waals surface area contributed by atoms with Gasteiger partial charge in [-0.15, -0.1) is 11.6 Å². The molecule has 0 N–H and O–H groups in total. The largest absolute Gasteiger partial charge is 0.404 e. The Morgan fingerprint density at radius 3 is 2.10 bits per heavy atom. The Morgan fingerprint density at radius 2 is 2.00 bits per heavy atom. The van der Waals surface area contributed by atoms with E-state index in [0.29, 0.717) is 0 Å². The molecule has 0 saturated carbocycles. The van der Waals surface area contributed by atoms with E-state index in [1.54, 1.807) is 0 Å². The first-order valence-corrected chi connectivity index (χ1v) is 3.08. The summed E-state index contributed by atoms with van der Waals surface area (Å²) in [6.07, 6.45) is -4.76. The molecule has 0 spiro atoms. The van der Waals surface area contributed by atoms with Gasteiger partial charge in [-0.2, -0.15) is 18.4 Å². The number of nitriles is 1. The molecule has 0 aliphatic carbocycles. The van der Waals surface area contributed by atoms with Crippen molar-refractivity contribution in [1.29, 1.82) is 5.26 Å². The van der Waals surface area contributed by atoms with Crippen LogP contribution in [0.3, 0.4) is 0 Å². The standard InChI is InChI=1S/C5H5ClF3N/c6-2-1-4(3-10)5(7,8)9/h4H,1-2H2. The summed E-state index contributed by atoms with van der Waals surface area (Å²) in [7, 11) is 0. The molecule has 0 aromatic carbocycles. The number of alkyl halides is 4. The Hall–Kier alpha value is -0.430. The average Bonchev–Trinajstić information content (AvgIpc) is 1.80. The molecule has 0 radical (unpaired) electrons. The highest BCUT2D eigenvalue weighted by Gasteiger charge is 2.38. The molecular formula is C5H5ClF3N. The number of rotatable bonds is 2. The third-order valence-corrected chi connectivity index (χ3v) is 1.17. The lowest BCUT2D eigenvalue weighted by atomic mass is 10.1. The Balaban J connectivity index is 3.98. The molecule has 0 saturated heterocycles. The van der Waals surface area contributed by atoms with Crippen LogP contribution in [0.5, 0.6) is 0 Å². The van der Waals surface area contributed by atoms with Crippen molar-refractivity contribution < 1.29 is 13.2 Å². The molecule has 0 bridgehead atoms. The zero-order valence-corrected chi connectivity index (χ0v) is 5.71. The van der Waals surface area contributed by atoms with Gasteiger partial charge >= 0.3 is 6.18 Å². The third-order valence-electron chi connectivity index (χ3n) is 0.949. The van der Waals surface area contributed by atoms with Crippen LogP contribution in [0.4, 0.5) is 13.2 Å². The van der Waals surface area contributed by atoms with E-state index in [2.05, 4.69) is 0 Å². The van der Waals surface area contributed by atoms with Crippen molar-refractivity contribution in [2.24, 2.45) is 5.92 Å². The van der Waals surface area contributed by atoms with Crippen LogP contribution in [0.15, 0.2) is 0 Å². The first-order chi connectivity index (χ1) is 4.52. The van der Waals surface area contributed by atoms with Gasteiger partial charge in [0.25, 0.3) is 0 Å². The van der Waals surface area contributed by atoms with E-state index in [1.807, 2.05) is 0 Å². The molecule has 10 heavy (non-hydrogen) atoms. The monoisotopic (exact) mass is 171 g/mol. The second-order valence-electron chi connectivity index (χ2n) is 1.70. The van der Waals surface area contributed by atoms with E-state index < -0.39 is 12.1 Å². The lowest BCUT2D eigenvalue weighted by Gasteiger charge is -2.10. The van der Waals surface area contributed by atoms with E-state index in [0.717, 1.165) is 6.07 Å². The SMILES string of the molecule is N#CC(CCCl)C(F)(F)F. The highest BCUT2D eigenvalue weighted by molar-refractivity contribution is 6.17. The molecule has 0 fully saturated rings. The summed E-state index contributed by atoms with van der Waals surface area (Å²) in [6.45, 7) is 0. The highest BCUT2D eigenvalue weighted by atomic mass is 35.5. The second kappa shape index (κ2) is 3.67. The minimum atomic E-state index is -4.43.